The molecule has 0 aromatic carbocycles. The van der Waals surface area contributed by atoms with E-state index in [1.54, 1.807) is 0 Å². The van der Waals surface area contributed by atoms with Crippen LogP contribution in [0.2, 0.25) is 0 Å². The average molecular weight is 292 g/mol. The van der Waals surface area contributed by atoms with Crippen molar-refractivity contribution in [3.05, 3.63) is 0 Å². The molecule has 0 spiro atoms. The molecule has 5 unspecified atom stereocenters. The minimum Gasteiger partial charge on any atom is -0.352 e. The van der Waals surface area contributed by atoms with Gasteiger partial charge >= 0.3 is 0 Å². The van der Waals surface area contributed by atoms with Gasteiger partial charge in [0.25, 0.3) is 0 Å². The Balaban J connectivity index is 1.51. The lowest BCUT2D eigenvalue weighted by Crippen LogP contribution is -2.56. The van der Waals surface area contributed by atoms with Gasteiger partial charge in [0.1, 0.15) is 0 Å². The maximum atomic E-state index is 12.6. The predicted octanol–water partition coefficient (Wildman–Crippen LogP) is 3.24. The minimum atomic E-state index is 0.0666. The van der Waals surface area contributed by atoms with Crippen LogP contribution < -0.4 is 10.6 Å². The molecule has 2 N–H and O–H groups in total. The molecule has 0 aromatic heterocycles. The van der Waals surface area contributed by atoms with Gasteiger partial charge in [0, 0.05) is 12.1 Å². The van der Waals surface area contributed by atoms with E-state index >= 15 is 0 Å². The molecule has 3 fully saturated rings. The Kier molecular flexibility index (Phi) is 4.88. The standard InChI is InChI=1S/C18H32N2O/c1-12-9-13(2)11-15(10-12)19-18(21)17-8-7-14-5-3-4-6-16(14)20-17/h12-17,20H,3-11H2,1-2H3,(H,19,21). The number of rotatable bonds is 2. The number of nitrogens with one attached hydrogen (secondary N) is 2. The fourth-order valence-electron chi connectivity index (χ4n) is 5.07. The second-order valence-electron chi connectivity index (χ2n) is 8.07. The van der Waals surface area contributed by atoms with E-state index < -0.39 is 0 Å². The molecular formula is C18H32N2O. The smallest absolute Gasteiger partial charge is 0.237 e. The maximum absolute atomic E-state index is 12.6. The zero-order valence-electron chi connectivity index (χ0n) is 13.7. The van der Waals surface area contributed by atoms with Gasteiger partial charge in [0.2, 0.25) is 5.91 Å². The second kappa shape index (κ2) is 6.68. The SMILES string of the molecule is CC1CC(C)CC(NC(=O)C2CCC3CCCCC3N2)C1. The number of hydrogen-bond acceptors (Lipinski definition) is 2. The molecule has 120 valence electrons. The van der Waals surface area contributed by atoms with Crippen molar-refractivity contribution in [1.82, 2.24) is 10.6 Å². The minimum absolute atomic E-state index is 0.0666. The molecule has 3 rings (SSSR count). The van der Waals surface area contributed by atoms with E-state index in [-0.39, 0.29) is 11.9 Å². The zero-order valence-corrected chi connectivity index (χ0v) is 13.7. The molecule has 1 aliphatic heterocycles. The van der Waals surface area contributed by atoms with Gasteiger partial charge in [-0.3, -0.25) is 4.79 Å². The van der Waals surface area contributed by atoms with Crippen molar-refractivity contribution in [3.63, 3.8) is 0 Å². The Morgan fingerprint density at radius 3 is 2.43 bits per heavy atom. The molecule has 0 radical (unpaired) electrons. The van der Waals surface area contributed by atoms with Crippen LogP contribution in [0.4, 0.5) is 0 Å². The lowest BCUT2D eigenvalue weighted by molar-refractivity contribution is -0.125. The van der Waals surface area contributed by atoms with Crippen LogP contribution >= 0.6 is 0 Å². The molecule has 21 heavy (non-hydrogen) atoms. The monoisotopic (exact) mass is 292 g/mol. The van der Waals surface area contributed by atoms with E-state index in [1.165, 1.54) is 38.5 Å². The summed E-state index contributed by atoms with van der Waals surface area (Å²) in [7, 11) is 0. The van der Waals surface area contributed by atoms with Crippen molar-refractivity contribution in [2.75, 3.05) is 0 Å². The largest absolute Gasteiger partial charge is 0.352 e. The summed E-state index contributed by atoms with van der Waals surface area (Å²) < 4.78 is 0. The molecule has 1 saturated heterocycles. The van der Waals surface area contributed by atoms with Crippen LogP contribution in [0.1, 0.15) is 71.6 Å². The van der Waals surface area contributed by atoms with E-state index in [0.29, 0.717) is 12.1 Å². The Morgan fingerprint density at radius 2 is 1.67 bits per heavy atom. The van der Waals surface area contributed by atoms with Crippen LogP contribution in [-0.4, -0.2) is 24.0 Å². The number of piperidine rings is 1. The van der Waals surface area contributed by atoms with Gasteiger partial charge in [-0.2, -0.15) is 0 Å². The van der Waals surface area contributed by atoms with Crippen molar-refractivity contribution in [2.45, 2.75) is 89.8 Å². The molecule has 3 nitrogen and oxygen atoms in total. The lowest BCUT2D eigenvalue weighted by atomic mass is 9.77. The first kappa shape index (κ1) is 15.3. The predicted molar refractivity (Wildman–Crippen MR) is 86.0 cm³/mol. The van der Waals surface area contributed by atoms with Crippen LogP contribution in [-0.2, 0) is 4.79 Å². The Bertz CT molecular complexity index is 360. The number of amides is 1. The summed E-state index contributed by atoms with van der Waals surface area (Å²) in [6, 6.07) is 1.08. The van der Waals surface area contributed by atoms with Crippen LogP contribution in [0.15, 0.2) is 0 Å². The summed E-state index contributed by atoms with van der Waals surface area (Å²) in [5.41, 5.74) is 0. The highest BCUT2D eigenvalue weighted by molar-refractivity contribution is 5.82. The van der Waals surface area contributed by atoms with Crippen LogP contribution in [0, 0.1) is 17.8 Å². The Hall–Kier alpha value is -0.570. The first-order valence-electron chi connectivity index (χ1n) is 9.18. The van der Waals surface area contributed by atoms with Gasteiger partial charge in [-0.15, -0.1) is 0 Å². The average Bonchev–Trinajstić information content (AvgIpc) is 2.45. The van der Waals surface area contributed by atoms with E-state index in [4.69, 9.17) is 0 Å². The van der Waals surface area contributed by atoms with Crippen LogP contribution in [0.5, 0.6) is 0 Å². The van der Waals surface area contributed by atoms with Gasteiger partial charge in [-0.05, 0) is 62.7 Å². The summed E-state index contributed by atoms with van der Waals surface area (Å²) in [5.74, 6) is 2.60. The summed E-state index contributed by atoms with van der Waals surface area (Å²) in [5, 5.41) is 7.00. The van der Waals surface area contributed by atoms with Gasteiger partial charge in [-0.1, -0.05) is 26.7 Å². The van der Waals surface area contributed by atoms with Crippen molar-refractivity contribution in [1.29, 1.82) is 0 Å². The summed E-state index contributed by atoms with van der Waals surface area (Å²) in [6.45, 7) is 4.64. The van der Waals surface area contributed by atoms with Crippen molar-refractivity contribution >= 4 is 5.91 Å². The first-order valence-corrected chi connectivity index (χ1v) is 9.18. The third-order valence-electron chi connectivity index (χ3n) is 5.99. The summed E-state index contributed by atoms with van der Waals surface area (Å²) in [6.07, 6.45) is 11.3. The van der Waals surface area contributed by atoms with E-state index in [0.717, 1.165) is 37.0 Å². The molecule has 1 amide bonds. The van der Waals surface area contributed by atoms with Gasteiger partial charge in [0.15, 0.2) is 0 Å². The third-order valence-corrected chi connectivity index (χ3v) is 5.99. The lowest BCUT2D eigenvalue weighted by Gasteiger charge is -2.40. The number of hydrogen-bond donors (Lipinski definition) is 2. The highest BCUT2D eigenvalue weighted by Crippen LogP contribution is 2.33. The molecule has 2 aliphatic carbocycles. The summed E-state index contributed by atoms with van der Waals surface area (Å²) >= 11 is 0. The molecule has 5 atom stereocenters. The third kappa shape index (κ3) is 3.80. The summed E-state index contributed by atoms with van der Waals surface area (Å²) in [4.78, 5) is 12.6. The topological polar surface area (TPSA) is 41.1 Å². The normalized spacial score (nSPS) is 43.9. The van der Waals surface area contributed by atoms with Crippen molar-refractivity contribution in [3.8, 4) is 0 Å². The zero-order chi connectivity index (χ0) is 14.8. The molecule has 2 saturated carbocycles. The molecule has 1 heterocycles. The number of fused-ring (bicyclic) bond motifs is 1. The fraction of sp³-hybridized carbons (Fsp3) is 0.944. The quantitative estimate of drug-likeness (QED) is 0.820. The van der Waals surface area contributed by atoms with Gasteiger partial charge < -0.3 is 10.6 Å². The van der Waals surface area contributed by atoms with Gasteiger partial charge in [-0.25, -0.2) is 0 Å². The molecule has 3 aliphatic rings. The van der Waals surface area contributed by atoms with E-state index in [9.17, 15) is 4.79 Å². The maximum Gasteiger partial charge on any atom is 0.237 e. The number of carbonyl (C=O) groups is 1. The van der Waals surface area contributed by atoms with Crippen LogP contribution in [0.25, 0.3) is 0 Å². The van der Waals surface area contributed by atoms with Crippen molar-refractivity contribution < 1.29 is 4.79 Å². The molecular weight excluding hydrogens is 260 g/mol. The highest BCUT2D eigenvalue weighted by Gasteiger charge is 2.35. The molecule has 0 aromatic rings. The fourth-order valence-corrected chi connectivity index (χ4v) is 5.07. The Labute approximate surface area is 129 Å². The molecule has 3 heteroatoms. The molecule has 0 bridgehead atoms. The second-order valence-corrected chi connectivity index (χ2v) is 8.07. The van der Waals surface area contributed by atoms with Crippen molar-refractivity contribution in [2.24, 2.45) is 17.8 Å². The highest BCUT2D eigenvalue weighted by atomic mass is 16.2. The first-order chi connectivity index (χ1) is 10.1. The van der Waals surface area contributed by atoms with E-state index in [2.05, 4.69) is 24.5 Å². The van der Waals surface area contributed by atoms with Gasteiger partial charge in [0.05, 0.1) is 6.04 Å². The Morgan fingerprint density at radius 1 is 0.952 bits per heavy atom. The van der Waals surface area contributed by atoms with Crippen LogP contribution in [0.3, 0.4) is 0 Å². The van der Waals surface area contributed by atoms with E-state index in [1.807, 2.05) is 0 Å². The number of carbonyl (C=O) groups excluding carboxylic acids is 1.